The Balaban J connectivity index is 1.43. The zero-order chi connectivity index (χ0) is 21.1. The predicted molar refractivity (Wildman–Crippen MR) is 116 cm³/mol. The van der Waals surface area contributed by atoms with Gasteiger partial charge in [0.05, 0.1) is 18.7 Å². The molecule has 0 bridgehead atoms. The molecule has 1 aromatic heterocycles. The van der Waals surface area contributed by atoms with E-state index in [2.05, 4.69) is 10.4 Å². The summed E-state index contributed by atoms with van der Waals surface area (Å²) in [6.07, 6.45) is 1.73. The number of aromatic nitrogens is 2. The van der Waals surface area contributed by atoms with Crippen LogP contribution in [0.15, 0.2) is 72.9 Å². The van der Waals surface area contributed by atoms with Crippen LogP contribution in [0.4, 0.5) is 5.69 Å². The van der Waals surface area contributed by atoms with E-state index in [4.69, 9.17) is 5.11 Å². The smallest absolute Gasteiger partial charge is 0.307 e. The number of fused-ring (bicyclic) bond motifs is 1. The third-order valence-corrected chi connectivity index (χ3v) is 4.96. The monoisotopic (exact) mass is 399 g/mol. The summed E-state index contributed by atoms with van der Waals surface area (Å²) in [4.78, 5) is 23.5. The molecule has 0 aliphatic heterocycles. The lowest BCUT2D eigenvalue weighted by molar-refractivity contribution is -0.136. The van der Waals surface area contributed by atoms with Crippen LogP contribution in [0.5, 0.6) is 0 Å². The van der Waals surface area contributed by atoms with Gasteiger partial charge in [-0.15, -0.1) is 0 Å². The number of aliphatic carboxylic acids is 1. The molecule has 0 unspecified atom stereocenters. The van der Waals surface area contributed by atoms with Crippen LogP contribution in [-0.2, 0) is 17.8 Å². The minimum absolute atomic E-state index is 0.0361. The summed E-state index contributed by atoms with van der Waals surface area (Å²) in [5.74, 6) is -1.03. The van der Waals surface area contributed by atoms with Crippen LogP contribution in [0, 0.1) is 6.92 Å². The van der Waals surface area contributed by atoms with Crippen molar-refractivity contribution >= 4 is 28.3 Å². The highest BCUT2D eigenvalue weighted by Gasteiger charge is 2.10. The lowest BCUT2D eigenvalue weighted by Gasteiger charge is -2.08. The fraction of sp³-hybridized carbons (Fsp3) is 0.125. The van der Waals surface area contributed by atoms with Crippen LogP contribution in [0.25, 0.3) is 10.8 Å². The summed E-state index contributed by atoms with van der Waals surface area (Å²) in [6, 6.07) is 21.1. The first kappa shape index (κ1) is 19.4. The minimum Gasteiger partial charge on any atom is -0.481 e. The summed E-state index contributed by atoms with van der Waals surface area (Å²) in [7, 11) is 0. The SMILES string of the molecule is Cc1nn(Cc2ccc(NC(=O)c3ccc4ccccc4c3)cc2)cc1CC(=O)O. The van der Waals surface area contributed by atoms with Gasteiger partial charge in [0.15, 0.2) is 0 Å². The van der Waals surface area contributed by atoms with Crippen molar-refractivity contribution in [3.8, 4) is 0 Å². The highest BCUT2D eigenvalue weighted by Crippen LogP contribution is 2.18. The number of carbonyl (C=O) groups excluding carboxylic acids is 1. The zero-order valence-corrected chi connectivity index (χ0v) is 16.5. The summed E-state index contributed by atoms with van der Waals surface area (Å²) < 4.78 is 1.73. The first-order valence-electron chi connectivity index (χ1n) is 9.62. The number of carbonyl (C=O) groups is 2. The second-order valence-corrected chi connectivity index (χ2v) is 7.22. The Morgan fingerprint density at radius 1 is 1.00 bits per heavy atom. The van der Waals surface area contributed by atoms with Gasteiger partial charge in [-0.1, -0.05) is 42.5 Å². The fourth-order valence-corrected chi connectivity index (χ4v) is 3.39. The molecule has 4 aromatic rings. The molecule has 1 heterocycles. The zero-order valence-electron chi connectivity index (χ0n) is 16.5. The number of nitrogens with zero attached hydrogens (tertiary/aromatic N) is 2. The van der Waals surface area contributed by atoms with Crippen molar-refractivity contribution in [3.63, 3.8) is 0 Å². The first-order valence-corrected chi connectivity index (χ1v) is 9.62. The molecule has 0 spiro atoms. The predicted octanol–water partition coefficient (Wildman–Crippen LogP) is 4.27. The van der Waals surface area contributed by atoms with E-state index in [1.165, 1.54) is 0 Å². The van der Waals surface area contributed by atoms with E-state index in [1.54, 1.807) is 17.8 Å². The average molecular weight is 399 g/mol. The van der Waals surface area contributed by atoms with Crippen molar-refractivity contribution in [3.05, 3.63) is 95.3 Å². The highest BCUT2D eigenvalue weighted by atomic mass is 16.4. The number of carboxylic acid groups (broad SMARTS) is 1. The van der Waals surface area contributed by atoms with Gasteiger partial charge in [-0.25, -0.2) is 0 Å². The van der Waals surface area contributed by atoms with Gasteiger partial charge in [-0.3, -0.25) is 14.3 Å². The van der Waals surface area contributed by atoms with Gasteiger partial charge >= 0.3 is 5.97 Å². The van der Waals surface area contributed by atoms with Crippen molar-refractivity contribution in [2.45, 2.75) is 19.9 Å². The van der Waals surface area contributed by atoms with Gasteiger partial charge in [0.25, 0.3) is 5.91 Å². The van der Waals surface area contributed by atoms with E-state index in [0.29, 0.717) is 23.4 Å². The van der Waals surface area contributed by atoms with E-state index < -0.39 is 5.97 Å². The lowest BCUT2D eigenvalue weighted by atomic mass is 10.1. The maximum Gasteiger partial charge on any atom is 0.307 e. The van der Waals surface area contributed by atoms with Crippen LogP contribution in [0.3, 0.4) is 0 Å². The number of benzene rings is 3. The maximum atomic E-state index is 12.6. The number of carboxylic acids is 1. The molecule has 0 radical (unpaired) electrons. The molecule has 150 valence electrons. The molecule has 6 heteroatoms. The third-order valence-electron chi connectivity index (χ3n) is 4.96. The topological polar surface area (TPSA) is 84.2 Å². The Morgan fingerprint density at radius 2 is 1.73 bits per heavy atom. The van der Waals surface area contributed by atoms with Crippen molar-refractivity contribution in [1.29, 1.82) is 0 Å². The number of amides is 1. The van der Waals surface area contributed by atoms with Crippen molar-refractivity contribution < 1.29 is 14.7 Å². The van der Waals surface area contributed by atoms with E-state index in [0.717, 1.165) is 22.0 Å². The Morgan fingerprint density at radius 3 is 2.47 bits per heavy atom. The molecule has 2 N–H and O–H groups in total. The molecule has 4 rings (SSSR count). The molecule has 1 amide bonds. The van der Waals surface area contributed by atoms with Gasteiger partial charge in [0.1, 0.15) is 0 Å². The summed E-state index contributed by atoms with van der Waals surface area (Å²) in [6.45, 7) is 2.33. The van der Waals surface area contributed by atoms with Crippen molar-refractivity contribution in [2.75, 3.05) is 5.32 Å². The van der Waals surface area contributed by atoms with Crippen LogP contribution >= 0.6 is 0 Å². The van der Waals surface area contributed by atoms with Crippen LogP contribution < -0.4 is 5.32 Å². The van der Waals surface area contributed by atoms with Gasteiger partial charge in [-0.2, -0.15) is 5.10 Å². The van der Waals surface area contributed by atoms with Gasteiger partial charge in [-0.05, 0) is 47.5 Å². The molecule has 0 aliphatic carbocycles. The van der Waals surface area contributed by atoms with Crippen molar-refractivity contribution in [1.82, 2.24) is 9.78 Å². The van der Waals surface area contributed by atoms with Crippen LogP contribution in [-0.4, -0.2) is 26.8 Å². The molecular weight excluding hydrogens is 378 g/mol. The Labute approximate surface area is 173 Å². The number of aryl methyl sites for hydroxylation is 1. The maximum absolute atomic E-state index is 12.6. The molecule has 0 fully saturated rings. The van der Waals surface area contributed by atoms with E-state index in [-0.39, 0.29) is 12.3 Å². The fourth-order valence-electron chi connectivity index (χ4n) is 3.39. The molecule has 0 atom stereocenters. The van der Waals surface area contributed by atoms with Crippen molar-refractivity contribution in [2.24, 2.45) is 0 Å². The summed E-state index contributed by atoms with van der Waals surface area (Å²) >= 11 is 0. The van der Waals surface area contributed by atoms with Crippen LogP contribution in [0.1, 0.15) is 27.2 Å². The Hall–Kier alpha value is -3.93. The molecule has 0 aliphatic rings. The Kier molecular flexibility index (Phi) is 5.30. The summed E-state index contributed by atoms with van der Waals surface area (Å²) in [5.41, 5.74) is 3.75. The molecule has 30 heavy (non-hydrogen) atoms. The molecule has 3 aromatic carbocycles. The third kappa shape index (κ3) is 4.38. The normalized spacial score (nSPS) is 10.8. The van der Waals surface area contributed by atoms with E-state index >= 15 is 0 Å². The average Bonchev–Trinajstić information content (AvgIpc) is 3.07. The minimum atomic E-state index is -0.871. The number of hydrogen-bond acceptors (Lipinski definition) is 3. The van der Waals surface area contributed by atoms with Crippen LogP contribution in [0.2, 0.25) is 0 Å². The number of nitrogens with one attached hydrogen (secondary N) is 1. The molecule has 0 saturated carbocycles. The molecular formula is C24H21N3O3. The number of hydrogen-bond donors (Lipinski definition) is 2. The summed E-state index contributed by atoms with van der Waals surface area (Å²) in [5, 5.41) is 18.4. The second kappa shape index (κ2) is 8.21. The van der Waals surface area contributed by atoms with E-state index in [1.807, 2.05) is 66.7 Å². The van der Waals surface area contributed by atoms with E-state index in [9.17, 15) is 9.59 Å². The standard InChI is InChI=1S/C24H21N3O3/c1-16-21(13-23(28)29)15-27(26-16)14-17-6-10-22(11-7-17)25-24(30)20-9-8-18-4-2-3-5-19(18)12-20/h2-12,15H,13-14H2,1H3,(H,25,30)(H,28,29). The molecule has 6 nitrogen and oxygen atoms in total. The number of rotatable bonds is 6. The lowest BCUT2D eigenvalue weighted by Crippen LogP contribution is -2.11. The van der Waals surface area contributed by atoms with Gasteiger partial charge < -0.3 is 10.4 Å². The molecule has 0 saturated heterocycles. The highest BCUT2D eigenvalue weighted by molar-refractivity contribution is 6.06. The number of anilines is 1. The Bertz CT molecular complexity index is 1230. The second-order valence-electron chi connectivity index (χ2n) is 7.22. The largest absolute Gasteiger partial charge is 0.481 e. The van der Waals surface area contributed by atoms with Gasteiger partial charge in [0.2, 0.25) is 0 Å². The first-order chi connectivity index (χ1) is 14.5. The quantitative estimate of drug-likeness (QED) is 0.507. The van der Waals surface area contributed by atoms with Gasteiger partial charge in [0, 0.05) is 23.0 Å².